The highest BCUT2D eigenvalue weighted by molar-refractivity contribution is 8.04. The van der Waals surface area contributed by atoms with Gasteiger partial charge in [0.1, 0.15) is 5.92 Å². The molecule has 2 rings (SSSR count). The van der Waals surface area contributed by atoms with E-state index in [1.165, 1.54) is 0 Å². The molecule has 2 atom stereocenters. The fraction of sp³-hybridized carbons (Fsp3) is 0.400. The maximum atomic E-state index is 12.6. The molecule has 0 unspecified atom stereocenters. The van der Waals surface area contributed by atoms with Gasteiger partial charge in [-0.05, 0) is 38.0 Å². The predicted octanol–water partition coefficient (Wildman–Crippen LogP) is 3.39. The van der Waals surface area contributed by atoms with Crippen molar-refractivity contribution in [3.05, 3.63) is 39.9 Å². The normalized spacial score (nSPS) is 19.5. The molecule has 0 radical (unpaired) electrons. The number of amides is 2. The van der Waals surface area contributed by atoms with Gasteiger partial charge in [0.25, 0.3) is 0 Å². The summed E-state index contributed by atoms with van der Waals surface area (Å²) in [4.78, 5) is 24.9. The van der Waals surface area contributed by atoms with E-state index in [0.29, 0.717) is 10.6 Å². The van der Waals surface area contributed by atoms with Crippen LogP contribution in [-0.4, -0.2) is 17.1 Å². The lowest BCUT2D eigenvalue weighted by Crippen LogP contribution is -2.45. The smallest absolute Gasteiger partial charge is 0.243 e. The predicted molar refractivity (Wildman–Crippen MR) is 105 cm³/mol. The van der Waals surface area contributed by atoms with Gasteiger partial charge in [-0.25, -0.2) is 0 Å². The largest absolute Gasteiger partial charge is 0.325 e. The lowest BCUT2D eigenvalue weighted by molar-refractivity contribution is -0.125. The van der Waals surface area contributed by atoms with E-state index < -0.39 is 22.5 Å². The van der Waals surface area contributed by atoms with Crippen molar-refractivity contribution in [3.8, 4) is 12.1 Å². The Bertz CT molecular complexity index is 906. The molecule has 1 aromatic rings. The lowest BCUT2D eigenvalue weighted by atomic mass is 9.72. The second-order valence-corrected chi connectivity index (χ2v) is 8.51. The van der Waals surface area contributed by atoms with Gasteiger partial charge in [0.2, 0.25) is 11.8 Å². The van der Waals surface area contributed by atoms with Gasteiger partial charge >= 0.3 is 0 Å². The molecule has 0 spiro atoms. The maximum absolute atomic E-state index is 12.6. The number of nitrogens with one attached hydrogen (secondary N) is 2. The van der Waals surface area contributed by atoms with Crippen LogP contribution in [0.2, 0.25) is 0 Å². The van der Waals surface area contributed by atoms with Gasteiger partial charge in [-0.15, -0.1) is 0 Å². The van der Waals surface area contributed by atoms with Crippen molar-refractivity contribution in [2.75, 3.05) is 5.32 Å². The summed E-state index contributed by atoms with van der Waals surface area (Å²) in [6.07, 6.45) is 0. The first-order valence-corrected chi connectivity index (χ1v) is 9.40. The van der Waals surface area contributed by atoms with Crippen LogP contribution in [0.4, 0.5) is 5.69 Å². The van der Waals surface area contributed by atoms with E-state index in [9.17, 15) is 20.1 Å². The van der Waals surface area contributed by atoms with Gasteiger partial charge < -0.3 is 10.6 Å². The summed E-state index contributed by atoms with van der Waals surface area (Å²) in [6.45, 7) is 8.96. The van der Waals surface area contributed by atoms with Gasteiger partial charge in [0.05, 0.1) is 28.0 Å². The molecule has 0 aromatic heterocycles. The number of anilines is 1. The first kappa shape index (κ1) is 20.5. The number of hydrogen-bond donors (Lipinski definition) is 2. The first-order chi connectivity index (χ1) is 12.6. The standard InChI is InChI=1S/C20H22N4O2S/c1-11-6-7-12(2)16(8-11)23-17(25)13(3)27-19-15(10-22)20(4,5)14(9-21)18(26)24-19/h6-8,13-14H,1-5H3,(H,23,25)(H,24,26)/t13-,14+/m1/s1. The summed E-state index contributed by atoms with van der Waals surface area (Å²) in [5.41, 5.74) is 2.11. The first-order valence-electron chi connectivity index (χ1n) is 8.52. The quantitative estimate of drug-likeness (QED) is 0.830. The van der Waals surface area contributed by atoms with E-state index in [-0.39, 0.29) is 5.91 Å². The average Bonchev–Trinajstić information content (AvgIpc) is 2.57. The minimum atomic E-state index is -0.949. The van der Waals surface area contributed by atoms with Crippen molar-refractivity contribution in [3.63, 3.8) is 0 Å². The summed E-state index contributed by atoms with van der Waals surface area (Å²) in [5, 5.41) is 24.1. The molecular formula is C20H22N4O2S. The maximum Gasteiger partial charge on any atom is 0.243 e. The highest BCUT2D eigenvalue weighted by atomic mass is 32.2. The third kappa shape index (κ3) is 4.15. The fourth-order valence-electron chi connectivity index (χ4n) is 2.85. The van der Waals surface area contributed by atoms with Crippen molar-refractivity contribution < 1.29 is 9.59 Å². The number of nitriles is 2. The molecule has 0 fully saturated rings. The van der Waals surface area contributed by atoms with Gasteiger partial charge in [-0.2, -0.15) is 10.5 Å². The molecule has 2 N–H and O–H groups in total. The number of hydrogen-bond acceptors (Lipinski definition) is 5. The van der Waals surface area contributed by atoms with E-state index in [1.807, 2.05) is 38.1 Å². The molecule has 0 saturated carbocycles. The van der Waals surface area contributed by atoms with E-state index in [0.717, 1.165) is 28.6 Å². The van der Waals surface area contributed by atoms with Crippen LogP contribution in [-0.2, 0) is 9.59 Å². The molecule has 1 aromatic carbocycles. The number of rotatable bonds is 4. The van der Waals surface area contributed by atoms with Crippen LogP contribution in [0.5, 0.6) is 0 Å². The van der Waals surface area contributed by atoms with E-state index in [4.69, 9.17) is 0 Å². The fourth-order valence-corrected chi connectivity index (χ4v) is 3.96. The number of allylic oxidation sites excluding steroid dienone is 1. The van der Waals surface area contributed by atoms with Gasteiger partial charge in [0, 0.05) is 11.1 Å². The third-order valence-corrected chi connectivity index (χ3v) is 5.76. The molecule has 1 aliphatic rings. The molecule has 0 aliphatic carbocycles. The lowest BCUT2D eigenvalue weighted by Gasteiger charge is -2.35. The molecule has 0 bridgehead atoms. The summed E-state index contributed by atoms with van der Waals surface area (Å²) in [7, 11) is 0. The number of thioether (sulfide) groups is 1. The summed E-state index contributed by atoms with van der Waals surface area (Å²) in [5.74, 6) is -1.63. The van der Waals surface area contributed by atoms with Crippen LogP contribution in [0.25, 0.3) is 0 Å². The minimum absolute atomic E-state index is 0.229. The Labute approximate surface area is 163 Å². The monoisotopic (exact) mass is 382 g/mol. The molecule has 1 aliphatic heterocycles. The highest BCUT2D eigenvalue weighted by Crippen LogP contribution is 2.42. The van der Waals surface area contributed by atoms with E-state index in [1.54, 1.807) is 20.8 Å². The molecule has 0 saturated heterocycles. The van der Waals surface area contributed by atoms with Crippen molar-refractivity contribution >= 4 is 29.3 Å². The summed E-state index contributed by atoms with van der Waals surface area (Å²) >= 11 is 1.11. The number of carbonyl (C=O) groups excluding carboxylic acids is 2. The minimum Gasteiger partial charge on any atom is -0.325 e. The highest BCUT2D eigenvalue weighted by Gasteiger charge is 2.45. The number of benzene rings is 1. The van der Waals surface area contributed by atoms with Crippen LogP contribution < -0.4 is 10.6 Å². The third-order valence-electron chi connectivity index (χ3n) is 4.65. The van der Waals surface area contributed by atoms with Crippen LogP contribution in [0, 0.1) is 47.8 Å². The second kappa shape index (κ2) is 7.85. The van der Waals surface area contributed by atoms with Gasteiger partial charge in [0.15, 0.2) is 0 Å². The Balaban J connectivity index is 2.24. The molecular weight excluding hydrogens is 360 g/mol. The number of nitrogens with zero attached hydrogens (tertiary/aromatic N) is 2. The van der Waals surface area contributed by atoms with Crippen LogP contribution in [0.3, 0.4) is 0 Å². The van der Waals surface area contributed by atoms with Crippen molar-refractivity contribution in [1.29, 1.82) is 10.5 Å². The zero-order chi connectivity index (χ0) is 20.4. The zero-order valence-electron chi connectivity index (χ0n) is 16.0. The topological polar surface area (TPSA) is 106 Å². The summed E-state index contributed by atoms with van der Waals surface area (Å²) < 4.78 is 0. The second-order valence-electron chi connectivity index (χ2n) is 7.16. The van der Waals surface area contributed by atoms with Crippen molar-refractivity contribution in [2.24, 2.45) is 11.3 Å². The molecule has 6 nitrogen and oxygen atoms in total. The van der Waals surface area contributed by atoms with Crippen LogP contribution >= 0.6 is 11.8 Å². The molecule has 7 heteroatoms. The SMILES string of the molecule is Cc1ccc(C)c(NC(=O)[C@@H](C)SC2=C(C#N)C(C)(C)[C@@H](C#N)C(=O)N2)c1. The summed E-state index contributed by atoms with van der Waals surface area (Å²) in [6, 6.07) is 9.87. The zero-order valence-corrected chi connectivity index (χ0v) is 16.8. The van der Waals surface area contributed by atoms with Gasteiger partial charge in [-0.1, -0.05) is 37.7 Å². The Morgan fingerprint density at radius 3 is 2.59 bits per heavy atom. The van der Waals surface area contributed by atoms with Gasteiger partial charge in [-0.3, -0.25) is 9.59 Å². The van der Waals surface area contributed by atoms with Crippen molar-refractivity contribution in [2.45, 2.75) is 39.9 Å². The Morgan fingerprint density at radius 1 is 1.33 bits per heavy atom. The Hall–Kier alpha value is -2.77. The molecule has 140 valence electrons. The van der Waals surface area contributed by atoms with Crippen LogP contribution in [0.1, 0.15) is 31.9 Å². The Kier molecular flexibility index (Phi) is 5.98. The molecule has 2 amide bonds. The molecule has 1 heterocycles. The van der Waals surface area contributed by atoms with E-state index >= 15 is 0 Å². The van der Waals surface area contributed by atoms with Crippen molar-refractivity contribution in [1.82, 2.24) is 5.32 Å². The Morgan fingerprint density at radius 2 is 2.00 bits per heavy atom. The average molecular weight is 382 g/mol. The molecule has 27 heavy (non-hydrogen) atoms. The number of carbonyl (C=O) groups is 2. The van der Waals surface area contributed by atoms with Crippen LogP contribution in [0.15, 0.2) is 28.8 Å². The number of aryl methyl sites for hydroxylation is 2. The van der Waals surface area contributed by atoms with E-state index in [2.05, 4.69) is 16.7 Å².